The lowest BCUT2D eigenvalue weighted by Gasteiger charge is -2.06. The van der Waals surface area contributed by atoms with Crippen molar-refractivity contribution in [3.05, 3.63) is 35.3 Å². The Hall–Kier alpha value is -2.39. The van der Waals surface area contributed by atoms with E-state index in [1.165, 1.54) is 30.0 Å². The zero-order valence-electron chi connectivity index (χ0n) is 14.5. The summed E-state index contributed by atoms with van der Waals surface area (Å²) in [7, 11) is 0. The molecule has 3 amide bonds. The first kappa shape index (κ1) is 19.9. The standard InChI is InChI=1S/C17H20N4O3S2/c1-3-15(23)21-17-20-14(9-26-17)8-25-10-16(24)19-13-6-4-12(5-7-13)18-11(2)22/h4-7,9H,3,8,10H2,1-2H3,(H,18,22)(H,19,24)(H,20,21,23). The van der Waals surface area contributed by atoms with Gasteiger partial charge < -0.3 is 16.0 Å². The maximum Gasteiger partial charge on any atom is 0.234 e. The van der Waals surface area contributed by atoms with Crippen LogP contribution in [0.4, 0.5) is 16.5 Å². The Labute approximate surface area is 160 Å². The quantitative estimate of drug-likeness (QED) is 0.640. The summed E-state index contributed by atoms with van der Waals surface area (Å²) in [6, 6.07) is 6.92. The molecule has 0 aliphatic carbocycles. The molecule has 0 aliphatic rings. The fraction of sp³-hybridized carbons (Fsp3) is 0.294. The first-order chi connectivity index (χ1) is 12.5. The van der Waals surface area contributed by atoms with Gasteiger partial charge in [-0.25, -0.2) is 4.98 Å². The van der Waals surface area contributed by atoms with Crippen LogP contribution in [0.5, 0.6) is 0 Å². The van der Waals surface area contributed by atoms with Crippen LogP contribution in [-0.2, 0) is 20.1 Å². The van der Waals surface area contributed by atoms with Gasteiger partial charge in [0.05, 0.1) is 11.4 Å². The number of thiazole rings is 1. The Kier molecular flexibility index (Phi) is 7.61. The molecular formula is C17H20N4O3S2. The van der Waals surface area contributed by atoms with E-state index in [9.17, 15) is 14.4 Å². The highest BCUT2D eigenvalue weighted by atomic mass is 32.2. The molecule has 2 rings (SSSR count). The summed E-state index contributed by atoms with van der Waals surface area (Å²) in [5, 5.41) is 10.6. The number of anilines is 3. The molecule has 7 nitrogen and oxygen atoms in total. The van der Waals surface area contributed by atoms with Gasteiger partial charge in [0.25, 0.3) is 0 Å². The number of aromatic nitrogens is 1. The first-order valence-corrected chi connectivity index (χ1v) is 9.99. The molecular weight excluding hydrogens is 372 g/mol. The second kappa shape index (κ2) is 9.93. The van der Waals surface area contributed by atoms with E-state index in [0.29, 0.717) is 34.4 Å². The number of carbonyl (C=O) groups is 3. The summed E-state index contributed by atoms with van der Waals surface area (Å²) >= 11 is 2.82. The lowest BCUT2D eigenvalue weighted by molar-refractivity contribution is -0.116. The van der Waals surface area contributed by atoms with E-state index < -0.39 is 0 Å². The zero-order valence-corrected chi connectivity index (χ0v) is 16.1. The van der Waals surface area contributed by atoms with Crippen LogP contribution in [0, 0.1) is 0 Å². The minimum Gasteiger partial charge on any atom is -0.326 e. The van der Waals surface area contributed by atoms with Crippen LogP contribution in [0.3, 0.4) is 0 Å². The van der Waals surface area contributed by atoms with Gasteiger partial charge in [0, 0.05) is 35.9 Å². The van der Waals surface area contributed by atoms with Gasteiger partial charge in [-0.1, -0.05) is 6.92 Å². The van der Waals surface area contributed by atoms with E-state index >= 15 is 0 Å². The minimum atomic E-state index is -0.141. The van der Waals surface area contributed by atoms with Crippen molar-refractivity contribution >= 4 is 57.3 Å². The van der Waals surface area contributed by atoms with Crippen LogP contribution in [0.1, 0.15) is 26.0 Å². The molecule has 0 bridgehead atoms. The van der Waals surface area contributed by atoms with Crippen molar-refractivity contribution in [2.45, 2.75) is 26.0 Å². The molecule has 0 atom stereocenters. The molecule has 3 N–H and O–H groups in total. The molecule has 26 heavy (non-hydrogen) atoms. The summed E-state index contributed by atoms with van der Waals surface area (Å²) in [5.74, 6) is 0.562. The minimum absolute atomic E-state index is 0.0672. The molecule has 0 aliphatic heterocycles. The third kappa shape index (κ3) is 6.85. The first-order valence-electron chi connectivity index (χ1n) is 7.95. The second-order valence-electron chi connectivity index (χ2n) is 5.35. The van der Waals surface area contributed by atoms with E-state index in [4.69, 9.17) is 0 Å². The number of benzene rings is 1. The van der Waals surface area contributed by atoms with Crippen molar-refractivity contribution in [3.8, 4) is 0 Å². The molecule has 0 spiro atoms. The highest BCUT2D eigenvalue weighted by Gasteiger charge is 2.07. The van der Waals surface area contributed by atoms with Gasteiger partial charge in [-0.2, -0.15) is 0 Å². The number of thioether (sulfide) groups is 1. The molecule has 0 radical (unpaired) electrons. The molecule has 138 valence electrons. The Bertz CT molecular complexity index is 775. The number of nitrogens with one attached hydrogen (secondary N) is 3. The number of hydrogen-bond acceptors (Lipinski definition) is 6. The third-order valence-corrected chi connectivity index (χ3v) is 4.86. The number of rotatable bonds is 8. The van der Waals surface area contributed by atoms with Gasteiger partial charge in [0.2, 0.25) is 17.7 Å². The molecule has 0 unspecified atom stereocenters. The third-order valence-electron chi connectivity index (χ3n) is 3.09. The predicted octanol–water partition coefficient (Wildman–Crippen LogP) is 3.32. The summed E-state index contributed by atoms with van der Waals surface area (Å²) < 4.78 is 0. The molecule has 1 aromatic carbocycles. The molecule has 0 fully saturated rings. The molecule has 0 saturated heterocycles. The smallest absolute Gasteiger partial charge is 0.234 e. The lowest BCUT2D eigenvalue weighted by atomic mass is 10.3. The monoisotopic (exact) mass is 392 g/mol. The number of hydrogen-bond donors (Lipinski definition) is 3. The van der Waals surface area contributed by atoms with E-state index in [-0.39, 0.29) is 17.7 Å². The molecule has 2 aromatic rings. The Morgan fingerprint density at radius 2 is 1.69 bits per heavy atom. The summed E-state index contributed by atoms with van der Waals surface area (Å²) in [5.41, 5.74) is 2.18. The summed E-state index contributed by atoms with van der Waals surface area (Å²) in [4.78, 5) is 38.6. The Morgan fingerprint density at radius 3 is 2.31 bits per heavy atom. The van der Waals surface area contributed by atoms with E-state index in [0.717, 1.165) is 5.69 Å². The fourth-order valence-corrected chi connectivity index (χ4v) is 3.47. The largest absolute Gasteiger partial charge is 0.326 e. The van der Waals surface area contributed by atoms with Gasteiger partial charge in [-0.3, -0.25) is 14.4 Å². The van der Waals surface area contributed by atoms with Crippen molar-refractivity contribution < 1.29 is 14.4 Å². The zero-order chi connectivity index (χ0) is 18.9. The fourth-order valence-electron chi connectivity index (χ4n) is 1.92. The highest BCUT2D eigenvalue weighted by molar-refractivity contribution is 7.99. The van der Waals surface area contributed by atoms with Crippen molar-refractivity contribution in [2.24, 2.45) is 0 Å². The second-order valence-corrected chi connectivity index (χ2v) is 7.19. The SMILES string of the molecule is CCC(=O)Nc1nc(CSCC(=O)Nc2ccc(NC(C)=O)cc2)cs1. The molecule has 1 heterocycles. The van der Waals surface area contributed by atoms with Gasteiger partial charge in [0.1, 0.15) is 0 Å². The number of nitrogens with zero attached hydrogens (tertiary/aromatic N) is 1. The molecule has 9 heteroatoms. The van der Waals surface area contributed by atoms with E-state index in [1.807, 2.05) is 5.38 Å². The lowest BCUT2D eigenvalue weighted by Crippen LogP contribution is -2.14. The van der Waals surface area contributed by atoms with Crippen LogP contribution in [0.15, 0.2) is 29.6 Å². The van der Waals surface area contributed by atoms with Crippen LogP contribution < -0.4 is 16.0 Å². The predicted molar refractivity (Wildman–Crippen MR) is 107 cm³/mol. The van der Waals surface area contributed by atoms with Crippen LogP contribution >= 0.6 is 23.1 Å². The van der Waals surface area contributed by atoms with Crippen LogP contribution in [0.2, 0.25) is 0 Å². The van der Waals surface area contributed by atoms with Gasteiger partial charge >= 0.3 is 0 Å². The van der Waals surface area contributed by atoms with Gasteiger partial charge in [-0.05, 0) is 24.3 Å². The summed E-state index contributed by atoms with van der Waals surface area (Å²) in [6.45, 7) is 3.22. The van der Waals surface area contributed by atoms with Crippen LogP contribution in [-0.4, -0.2) is 28.5 Å². The number of carbonyl (C=O) groups excluding carboxylic acids is 3. The summed E-state index contributed by atoms with van der Waals surface area (Å²) in [6.07, 6.45) is 0.412. The topological polar surface area (TPSA) is 100 Å². The average molecular weight is 393 g/mol. The average Bonchev–Trinajstić information content (AvgIpc) is 3.03. The maximum atomic E-state index is 12.0. The highest BCUT2D eigenvalue weighted by Crippen LogP contribution is 2.20. The normalized spacial score (nSPS) is 10.2. The van der Waals surface area contributed by atoms with Crippen LogP contribution in [0.25, 0.3) is 0 Å². The van der Waals surface area contributed by atoms with Crippen molar-refractivity contribution in [1.29, 1.82) is 0 Å². The molecule has 0 saturated carbocycles. The Morgan fingerprint density at radius 1 is 1.04 bits per heavy atom. The van der Waals surface area contributed by atoms with Crippen molar-refractivity contribution in [3.63, 3.8) is 0 Å². The Balaban J connectivity index is 1.73. The maximum absolute atomic E-state index is 12.0. The van der Waals surface area contributed by atoms with Crippen molar-refractivity contribution in [1.82, 2.24) is 4.98 Å². The van der Waals surface area contributed by atoms with E-state index in [2.05, 4.69) is 20.9 Å². The van der Waals surface area contributed by atoms with Gasteiger partial charge in [-0.15, -0.1) is 23.1 Å². The van der Waals surface area contributed by atoms with Crippen molar-refractivity contribution in [2.75, 3.05) is 21.7 Å². The number of amides is 3. The van der Waals surface area contributed by atoms with Gasteiger partial charge in [0.15, 0.2) is 5.13 Å². The molecule has 1 aromatic heterocycles. The van der Waals surface area contributed by atoms with E-state index in [1.54, 1.807) is 31.2 Å².